The maximum absolute atomic E-state index is 12.0. The molecular weight excluding hydrogens is 262 g/mol. The third-order valence-electron chi connectivity index (χ3n) is 3.79. The van der Waals surface area contributed by atoms with E-state index in [9.17, 15) is 18.5 Å². The Morgan fingerprint density at radius 3 is 2.37 bits per heavy atom. The van der Waals surface area contributed by atoms with E-state index < -0.39 is 26.4 Å². The van der Waals surface area contributed by atoms with Crippen LogP contribution in [0.3, 0.4) is 0 Å². The first kappa shape index (κ1) is 13.8. The summed E-state index contributed by atoms with van der Waals surface area (Å²) in [5.74, 6) is -0.599. The standard InChI is InChI=1S/C14H15NO3S/c1-3-19(17,18)13-12(14(13,8-15)9-16)11-6-4-10(2)5-7-11/h4-7,9,12-13H,3H2,1-2H3/t12-,13+,14+/m0/s1. The summed E-state index contributed by atoms with van der Waals surface area (Å²) in [7, 11) is -3.42. The Balaban J connectivity index is 2.49. The molecule has 1 fully saturated rings. The number of aldehydes is 1. The highest BCUT2D eigenvalue weighted by molar-refractivity contribution is 7.92. The number of hydrogen-bond acceptors (Lipinski definition) is 4. The van der Waals surface area contributed by atoms with E-state index in [4.69, 9.17) is 0 Å². The van der Waals surface area contributed by atoms with Crippen molar-refractivity contribution in [2.24, 2.45) is 5.41 Å². The quantitative estimate of drug-likeness (QED) is 0.783. The molecule has 2 rings (SSSR count). The van der Waals surface area contributed by atoms with Crippen LogP contribution in [0.2, 0.25) is 0 Å². The summed E-state index contributed by atoms with van der Waals surface area (Å²) in [4.78, 5) is 11.3. The number of hydrogen-bond donors (Lipinski definition) is 0. The van der Waals surface area contributed by atoms with Crippen molar-refractivity contribution in [3.63, 3.8) is 0 Å². The maximum Gasteiger partial charge on any atom is 0.155 e. The van der Waals surface area contributed by atoms with Gasteiger partial charge in [0.25, 0.3) is 0 Å². The second-order valence-electron chi connectivity index (χ2n) is 4.92. The van der Waals surface area contributed by atoms with Gasteiger partial charge in [0.05, 0.1) is 11.3 Å². The summed E-state index contributed by atoms with van der Waals surface area (Å²) in [6.45, 7) is 3.46. The summed E-state index contributed by atoms with van der Waals surface area (Å²) in [6, 6.07) is 9.21. The SMILES string of the molecule is CCS(=O)(=O)[C@@H]1[C@H](c2ccc(C)cc2)[C@@]1(C#N)C=O. The lowest BCUT2D eigenvalue weighted by Gasteiger charge is -2.01. The predicted octanol–water partition coefficient (Wildman–Crippen LogP) is 1.60. The second-order valence-corrected chi connectivity index (χ2v) is 7.33. The molecule has 1 aromatic rings. The van der Waals surface area contributed by atoms with Gasteiger partial charge in [-0.25, -0.2) is 8.42 Å². The summed E-state index contributed by atoms with van der Waals surface area (Å²) in [6.07, 6.45) is 0.495. The van der Waals surface area contributed by atoms with E-state index >= 15 is 0 Å². The molecule has 1 aromatic carbocycles. The van der Waals surface area contributed by atoms with Crippen molar-refractivity contribution in [1.82, 2.24) is 0 Å². The molecule has 100 valence electrons. The normalized spacial score (nSPS) is 29.5. The van der Waals surface area contributed by atoms with Gasteiger partial charge in [0.1, 0.15) is 11.7 Å². The molecular formula is C14H15NO3S. The summed E-state index contributed by atoms with van der Waals surface area (Å²) < 4.78 is 24.1. The van der Waals surface area contributed by atoms with Crippen molar-refractivity contribution in [1.29, 1.82) is 5.26 Å². The molecule has 0 amide bonds. The first-order valence-electron chi connectivity index (χ1n) is 6.08. The third-order valence-corrected chi connectivity index (χ3v) is 6.03. The fraction of sp³-hybridized carbons (Fsp3) is 0.429. The zero-order valence-electron chi connectivity index (χ0n) is 10.8. The minimum absolute atomic E-state index is 0.0582. The highest BCUT2D eigenvalue weighted by Crippen LogP contribution is 2.61. The molecule has 19 heavy (non-hydrogen) atoms. The van der Waals surface area contributed by atoms with Gasteiger partial charge in [-0.05, 0) is 12.5 Å². The molecule has 0 saturated heterocycles. The molecule has 5 heteroatoms. The summed E-state index contributed by atoms with van der Waals surface area (Å²) in [5.41, 5.74) is 0.374. The number of aryl methyl sites for hydroxylation is 1. The number of carbonyl (C=O) groups excluding carboxylic acids is 1. The topological polar surface area (TPSA) is 75.0 Å². The van der Waals surface area contributed by atoms with Gasteiger partial charge in [0.15, 0.2) is 9.84 Å². The first-order chi connectivity index (χ1) is 8.93. The molecule has 1 saturated carbocycles. The molecule has 0 aromatic heterocycles. The van der Waals surface area contributed by atoms with Crippen LogP contribution in [-0.4, -0.2) is 25.7 Å². The van der Waals surface area contributed by atoms with Gasteiger partial charge in [-0.15, -0.1) is 0 Å². The van der Waals surface area contributed by atoms with E-state index in [1.807, 2.05) is 25.1 Å². The fourth-order valence-corrected chi connectivity index (χ4v) is 4.51. The number of nitriles is 1. The van der Waals surface area contributed by atoms with Gasteiger partial charge >= 0.3 is 0 Å². The van der Waals surface area contributed by atoms with Crippen LogP contribution in [0.15, 0.2) is 24.3 Å². The van der Waals surface area contributed by atoms with Crippen LogP contribution in [0.1, 0.15) is 24.0 Å². The minimum atomic E-state index is -3.42. The van der Waals surface area contributed by atoms with Gasteiger partial charge in [-0.2, -0.15) is 5.26 Å². The molecule has 1 aliphatic rings. The monoisotopic (exact) mass is 277 g/mol. The molecule has 0 aliphatic heterocycles. The predicted molar refractivity (Wildman–Crippen MR) is 71.3 cm³/mol. The van der Waals surface area contributed by atoms with Crippen LogP contribution in [0.25, 0.3) is 0 Å². The van der Waals surface area contributed by atoms with E-state index in [1.54, 1.807) is 12.1 Å². The Bertz CT molecular complexity index is 642. The van der Waals surface area contributed by atoms with Crippen molar-refractivity contribution >= 4 is 16.1 Å². The summed E-state index contributed by atoms with van der Waals surface area (Å²) in [5, 5.41) is 8.32. The average Bonchev–Trinajstić information content (AvgIpc) is 3.10. The van der Waals surface area contributed by atoms with Crippen LogP contribution >= 0.6 is 0 Å². The molecule has 0 unspecified atom stereocenters. The minimum Gasteiger partial charge on any atom is -0.302 e. The smallest absolute Gasteiger partial charge is 0.155 e. The van der Waals surface area contributed by atoms with Crippen LogP contribution < -0.4 is 0 Å². The highest BCUT2D eigenvalue weighted by atomic mass is 32.2. The molecule has 3 atom stereocenters. The van der Waals surface area contributed by atoms with E-state index in [2.05, 4.69) is 0 Å². The van der Waals surface area contributed by atoms with Gasteiger partial charge in [0, 0.05) is 11.7 Å². The molecule has 0 heterocycles. The van der Waals surface area contributed by atoms with Gasteiger partial charge in [-0.1, -0.05) is 36.8 Å². The van der Waals surface area contributed by atoms with Crippen LogP contribution in [0, 0.1) is 23.7 Å². The highest BCUT2D eigenvalue weighted by Gasteiger charge is 2.72. The first-order valence-corrected chi connectivity index (χ1v) is 7.80. The van der Waals surface area contributed by atoms with Crippen molar-refractivity contribution < 1.29 is 13.2 Å². The summed E-state index contributed by atoms with van der Waals surface area (Å²) >= 11 is 0. The largest absolute Gasteiger partial charge is 0.302 e. The van der Waals surface area contributed by atoms with E-state index in [0.29, 0.717) is 6.29 Å². The molecule has 0 spiro atoms. The van der Waals surface area contributed by atoms with Crippen LogP contribution in [0.4, 0.5) is 0 Å². The lowest BCUT2D eigenvalue weighted by atomic mass is 10.0. The Labute approximate surface area is 113 Å². The Morgan fingerprint density at radius 2 is 1.95 bits per heavy atom. The number of nitrogens with zero attached hydrogens (tertiary/aromatic N) is 1. The van der Waals surface area contributed by atoms with Gasteiger partial charge in [-0.3, -0.25) is 0 Å². The third kappa shape index (κ3) is 1.96. The van der Waals surface area contributed by atoms with E-state index in [-0.39, 0.29) is 5.75 Å². The number of sulfone groups is 1. The molecule has 1 aliphatic carbocycles. The number of benzene rings is 1. The lowest BCUT2D eigenvalue weighted by molar-refractivity contribution is -0.110. The van der Waals surface area contributed by atoms with E-state index in [1.165, 1.54) is 6.92 Å². The van der Waals surface area contributed by atoms with Crippen molar-refractivity contribution in [3.05, 3.63) is 35.4 Å². The van der Waals surface area contributed by atoms with E-state index in [0.717, 1.165) is 11.1 Å². The molecule has 0 bridgehead atoms. The zero-order valence-corrected chi connectivity index (χ0v) is 11.6. The lowest BCUT2D eigenvalue weighted by Crippen LogP contribution is -2.17. The van der Waals surface area contributed by atoms with Crippen molar-refractivity contribution in [3.8, 4) is 6.07 Å². The Kier molecular flexibility index (Phi) is 3.23. The zero-order chi connectivity index (χ0) is 14.3. The number of carbonyl (C=O) groups is 1. The van der Waals surface area contributed by atoms with Gasteiger partial charge in [0.2, 0.25) is 0 Å². The Hall–Kier alpha value is -1.67. The van der Waals surface area contributed by atoms with Gasteiger partial charge < -0.3 is 4.79 Å². The van der Waals surface area contributed by atoms with Crippen LogP contribution in [0.5, 0.6) is 0 Å². The van der Waals surface area contributed by atoms with Crippen LogP contribution in [-0.2, 0) is 14.6 Å². The number of rotatable bonds is 4. The maximum atomic E-state index is 12.0. The second kappa shape index (κ2) is 4.46. The molecule has 0 N–H and O–H groups in total. The molecule has 0 radical (unpaired) electrons. The Morgan fingerprint density at radius 1 is 1.37 bits per heavy atom. The van der Waals surface area contributed by atoms with Crippen molar-refractivity contribution in [2.45, 2.75) is 25.0 Å². The fourth-order valence-electron chi connectivity index (χ4n) is 2.58. The average molecular weight is 277 g/mol. The molecule has 4 nitrogen and oxygen atoms in total. The van der Waals surface area contributed by atoms with Crippen molar-refractivity contribution in [2.75, 3.05) is 5.75 Å².